The zero-order valence-electron chi connectivity index (χ0n) is 10.8. The number of hydrogen-bond donors (Lipinski definition) is 2. The molecule has 0 bridgehead atoms. The number of benzene rings is 2. The molecular weight excluding hydrogens is 292 g/mol. The van der Waals surface area contributed by atoms with Crippen LogP contribution in [0.2, 0.25) is 5.02 Å². The molecule has 0 radical (unpaired) electrons. The van der Waals surface area contributed by atoms with E-state index in [0.717, 1.165) is 6.08 Å². The molecule has 106 valence electrons. The predicted molar refractivity (Wildman–Crippen MR) is 79.7 cm³/mol. The molecule has 2 rings (SSSR count). The van der Waals surface area contributed by atoms with E-state index in [1.54, 1.807) is 6.07 Å². The van der Waals surface area contributed by atoms with Gasteiger partial charge in [-0.1, -0.05) is 17.7 Å². The van der Waals surface area contributed by atoms with Crippen molar-refractivity contribution >= 4 is 29.4 Å². The Morgan fingerprint density at radius 3 is 2.33 bits per heavy atom. The van der Waals surface area contributed by atoms with Crippen LogP contribution in [0.1, 0.15) is 21.5 Å². The molecule has 0 fully saturated rings. The van der Waals surface area contributed by atoms with Crippen LogP contribution in [0.4, 0.5) is 0 Å². The lowest BCUT2D eigenvalue weighted by molar-refractivity contribution is -0.131. The molecule has 0 heterocycles. The van der Waals surface area contributed by atoms with Gasteiger partial charge in [0.05, 0.1) is 5.02 Å². The fourth-order valence-electron chi connectivity index (χ4n) is 1.76. The van der Waals surface area contributed by atoms with Crippen molar-refractivity contribution in [1.29, 1.82) is 0 Å². The SMILES string of the molecule is O=C(O)/C=C/c1ccc(Cl)c(C(=O)c2ccc(O)cc2)c1. The molecule has 2 N–H and O–H groups in total. The van der Waals surface area contributed by atoms with Crippen LogP contribution in [0, 0.1) is 0 Å². The number of carbonyl (C=O) groups is 2. The molecule has 0 spiro atoms. The fraction of sp³-hybridized carbons (Fsp3) is 0. The maximum absolute atomic E-state index is 12.4. The zero-order chi connectivity index (χ0) is 15.4. The lowest BCUT2D eigenvalue weighted by Gasteiger charge is -2.05. The first kappa shape index (κ1) is 14.8. The molecule has 0 saturated carbocycles. The number of phenols is 1. The van der Waals surface area contributed by atoms with Gasteiger partial charge in [0.1, 0.15) is 5.75 Å². The lowest BCUT2D eigenvalue weighted by Crippen LogP contribution is -2.02. The Morgan fingerprint density at radius 1 is 1.05 bits per heavy atom. The number of carbonyl (C=O) groups excluding carboxylic acids is 1. The first-order valence-corrected chi connectivity index (χ1v) is 6.39. The standard InChI is InChI=1S/C16H11ClO4/c17-14-7-1-10(2-8-15(19)20)9-13(14)16(21)11-3-5-12(18)6-4-11/h1-9,18H,(H,19,20)/b8-2+. The van der Waals surface area contributed by atoms with Crippen molar-refractivity contribution in [2.45, 2.75) is 0 Å². The van der Waals surface area contributed by atoms with E-state index >= 15 is 0 Å². The average molecular weight is 303 g/mol. The lowest BCUT2D eigenvalue weighted by atomic mass is 10.0. The highest BCUT2D eigenvalue weighted by molar-refractivity contribution is 6.35. The van der Waals surface area contributed by atoms with Crippen molar-refractivity contribution in [2.75, 3.05) is 0 Å². The summed E-state index contributed by atoms with van der Waals surface area (Å²) in [5.74, 6) is -1.31. The van der Waals surface area contributed by atoms with Crippen LogP contribution in [-0.4, -0.2) is 22.0 Å². The second kappa shape index (κ2) is 6.24. The first-order valence-electron chi connectivity index (χ1n) is 6.01. The van der Waals surface area contributed by atoms with Crippen LogP contribution in [0.15, 0.2) is 48.5 Å². The Kier molecular flexibility index (Phi) is 4.40. The summed E-state index contributed by atoms with van der Waals surface area (Å²) in [7, 11) is 0. The number of halogens is 1. The topological polar surface area (TPSA) is 74.6 Å². The van der Waals surface area contributed by atoms with Gasteiger partial charge in [0, 0.05) is 17.2 Å². The highest BCUT2D eigenvalue weighted by Crippen LogP contribution is 2.22. The highest BCUT2D eigenvalue weighted by Gasteiger charge is 2.13. The number of ketones is 1. The number of rotatable bonds is 4. The molecule has 0 amide bonds. The largest absolute Gasteiger partial charge is 0.508 e. The molecule has 0 aromatic heterocycles. The molecule has 0 atom stereocenters. The second-order valence-electron chi connectivity index (χ2n) is 4.29. The van der Waals surface area contributed by atoms with Crippen molar-refractivity contribution in [1.82, 2.24) is 0 Å². The fourth-order valence-corrected chi connectivity index (χ4v) is 1.96. The van der Waals surface area contributed by atoms with Gasteiger partial charge in [0.25, 0.3) is 0 Å². The van der Waals surface area contributed by atoms with Crippen LogP contribution in [0.25, 0.3) is 6.08 Å². The summed E-state index contributed by atoms with van der Waals surface area (Å²) in [5, 5.41) is 18.1. The molecule has 2 aromatic rings. The number of phenolic OH excluding ortho intramolecular Hbond substituents is 1. The molecule has 0 aliphatic heterocycles. The Balaban J connectivity index is 2.38. The van der Waals surface area contributed by atoms with Crippen molar-refractivity contribution in [3.63, 3.8) is 0 Å². The van der Waals surface area contributed by atoms with Gasteiger partial charge >= 0.3 is 5.97 Å². The molecular formula is C16H11ClO4. The van der Waals surface area contributed by atoms with E-state index in [0.29, 0.717) is 11.1 Å². The van der Waals surface area contributed by atoms with E-state index in [-0.39, 0.29) is 22.1 Å². The van der Waals surface area contributed by atoms with Crippen molar-refractivity contribution in [2.24, 2.45) is 0 Å². The van der Waals surface area contributed by atoms with E-state index in [1.165, 1.54) is 42.5 Å². The number of carboxylic acids is 1. The van der Waals surface area contributed by atoms with E-state index in [4.69, 9.17) is 16.7 Å². The summed E-state index contributed by atoms with van der Waals surface area (Å²) in [6, 6.07) is 10.5. The van der Waals surface area contributed by atoms with Gasteiger partial charge in [0.15, 0.2) is 5.78 Å². The Labute approximate surface area is 125 Å². The van der Waals surface area contributed by atoms with Crippen LogP contribution in [0.3, 0.4) is 0 Å². The molecule has 0 saturated heterocycles. The number of hydrogen-bond acceptors (Lipinski definition) is 3. The van der Waals surface area contributed by atoms with Gasteiger partial charge < -0.3 is 10.2 Å². The number of carboxylic acid groups (broad SMARTS) is 1. The minimum absolute atomic E-state index is 0.0655. The van der Waals surface area contributed by atoms with Gasteiger partial charge in [-0.3, -0.25) is 4.79 Å². The van der Waals surface area contributed by atoms with E-state index in [1.807, 2.05) is 0 Å². The normalized spacial score (nSPS) is 10.7. The van der Waals surface area contributed by atoms with Crippen molar-refractivity contribution < 1.29 is 19.8 Å². The maximum atomic E-state index is 12.4. The quantitative estimate of drug-likeness (QED) is 0.670. The minimum atomic E-state index is -1.07. The molecule has 5 heteroatoms. The van der Waals surface area contributed by atoms with Gasteiger partial charge in [-0.15, -0.1) is 0 Å². The van der Waals surface area contributed by atoms with Gasteiger partial charge in [-0.05, 0) is 48.0 Å². The summed E-state index contributed by atoms with van der Waals surface area (Å²) in [5.41, 5.74) is 1.22. The van der Waals surface area contributed by atoms with Gasteiger partial charge in [-0.25, -0.2) is 4.79 Å². The summed E-state index contributed by atoms with van der Waals surface area (Å²) >= 11 is 6.02. The van der Waals surface area contributed by atoms with Crippen LogP contribution in [-0.2, 0) is 4.79 Å². The Bertz CT molecular complexity index is 718. The molecule has 0 aliphatic rings. The number of aliphatic carboxylic acids is 1. The Morgan fingerprint density at radius 2 is 1.71 bits per heavy atom. The van der Waals surface area contributed by atoms with Gasteiger partial charge in [0.2, 0.25) is 0 Å². The van der Waals surface area contributed by atoms with Crippen molar-refractivity contribution in [3.8, 4) is 5.75 Å². The highest BCUT2D eigenvalue weighted by atomic mass is 35.5. The third-order valence-electron chi connectivity index (χ3n) is 2.78. The van der Waals surface area contributed by atoms with Crippen molar-refractivity contribution in [3.05, 3.63) is 70.3 Å². The third kappa shape index (κ3) is 3.70. The predicted octanol–water partition coefficient (Wildman–Crippen LogP) is 3.37. The number of aromatic hydroxyl groups is 1. The zero-order valence-corrected chi connectivity index (χ0v) is 11.5. The minimum Gasteiger partial charge on any atom is -0.508 e. The molecule has 0 aliphatic carbocycles. The van der Waals surface area contributed by atoms with E-state index in [2.05, 4.69) is 0 Å². The van der Waals surface area contributed by atoms with E-state index in [9.17, 15) is 14.7 Å². The summed E-state index contributed by atoms with van der Waals surface area (Å²) < 4.78 is 0. The maximum Gasteiger partial charge on any atom is 0.328 e. The summed E-state index contributed by atoms with van der Waals surface area (Å²) in [6.07, 6.45) is 2.37. The average Bonchev–Trinajstić information content (AvgIpc) is 2.46. The van der Waals surface area contributed by atoms with Crippen LogP contribution in [0.5, 0.6) is 5.75 Å². The first-order chi connectivity index (χ1) is 9.97. The van der Waals surface area contributed by atoms with E-state index < -0.39 is 5.97 Å². The van der Waals surface area contributed by atoms with Crippen LogP contribution < -0.4 is 0 Å². The molecule has 2 aromatic carbocycles. The smallest absolute Gasteiger partial charge is 0.328 e. The molecule has 0 unspecified atom stereocenters. The Hall–Kier alpha value is -2.59. The molecule has 4 nitrogen and oxygen atoms in total. The summed E-state index contributed by atoms with van der Waals surface area (Å²) in [4.78, 5) is 22.9. The monoisotopic (exact) mass is 302 g/mol. The second-order valence-corrected chi connectivity index (χ2v) is 4.69. The molecule has 21 heavy (non-hydrogen) atoms. The summed E-state index contributed by atoms with van der Waals surface area (Å²) in [6.45, 7) is 0. The van der Waals surface area contributed by atoms with Crippen LogP contribution >= 0.6 is 11.6 Å². The van der Waals surface area contributed by atoms with Gasteiger partial charge in [-0.2, -0.15) is 0 Å². The third-order valence-corrected chi connectivity index (χ3v) is 3.11.